The number of hydrogen-bond acceptors (Lipinski definition) is 6. The van der Waals surface area contributed by atoms with E-state index in [0.717, 1.165) is 18.7 Å². The predicted octanol–water partition coefficient (Wildman–Crippen LogP) is 0.183. The molecule has 0 saturated carbocycles. The minimum Gasteiger partial charge on any atom is -0.504 e. The van der Waals surface area contributed by atoms with Gasteiger partial charge in [0.25, 0.3) is 5.91 Å². The summed E-state index contributed by atoms with van der Waals surface area (Å²) >= 11 is 0. The monoisotopic (exact) mass is 293 g/mol. The summed E-state index contributed by atoms with van der Waals surface area (Å²) in [4.78, 5) is 13.7. The molecule has 0 aromatic heterocycles. The van der Waals surface area contributed by atoms with Crippen molar-refractivity contribution in [3.63, 3.8) is 0 Å². The van der Waals surface area contributed by atoms with Gasteiger partial charge in [-0.2, -0.15) is 5.10 Å². The standard InChI is InChI=1S/C14H19N3O4/c1-20-13-8-11(2-3-12(13)18)9-15-16-14(19)10-17-4-6-21-7-5-17/h2-3,8-9,18H,4-7,10H2,1H3,(H,16,19)/b15-9+. The summed E-state index contributed by atoms with van der Waals surface area (Å²) in [5.41, 5.74) is 3.19. The van der Waals surface area contributed by atoms with Gasteiger partial charge in [-0.15, -0.1) is 0 Å². The summed E-state index contributed by atoms with van der Waals surface area (Å²) in [6.45, 7) is 3.13. The SMILES string of the molecule is COc1cc(/C=N/NC(=O)CN2CCOCC2)ccc1O. The van der Waals surface area contributed by atoms with Crippen LogP contribution in [-0.2, 0) is 9.53 Å². The van der Waals surface area contributed by atoms with Crippen molar-refractivity contribution in [2.45, 2.75) is 0 Å². The van der Waals surface area contributed by atoms with Gasteiger partial charge in [0, 0.05) is 13.1 Å². The second-order valence-electron chi connectivity index (χ2n) is 4.61. The molecule has 1 fully saturated rings. The molecule has 2 N–H and O–H groups in total. The number of hydrazone groups is 1. The molecular weight excluding hydrogens is 274 g/mol. The van der Waals surface area contributed by atoms with Gasteiger partial charge in [-0.1, -0.05) is 0 Å². The zero-order chi connectivity index (χ0) is 15.1. The number of nitrogens with one attached hydrogen (secondary N) is 1. The van der Waals surface area contributed by atoms with Crippen molar-refractivity contribution < 1.29 is 19.4 Å². The third kappa shape index (κ3) is 4.73. The molecule has 7 nitrogen and oxygen atoms in total. The van der Waals surface area contributed by atoms with E-state index in [1.807, 2.05) is 4.90 Å². The highest BCUT2D eigenvalue weighted by Crippen LogP contribution is 2.25. The maximum atomic E-state index is 11.7. The van der Waals surface area contributed by atoms with Crippen molar-refractivity contribution in [2.75, 3.05) is 40.0 Å². The molecule has 1 aromatic carbocycles. The summed E-state index contributed by atoms with van der Waals surface area (Å²) in [6.07, 6.45) is 1.50. The van der Waals surface area contributed by atoms with Crippen LogP contribution in [0.25, 0.3) is 0 Å². The van der Waals surface area contributed by atoms with Crippen LogP contribution in [-0.4, -0.2) is 62.1 Å². The first-order valence-corrected chi connectivity index (χ1v) is 6.68. The van der Waals surface area contributed by atoms with Gasteiger partial charge in [0.05, 0.1) is 33.1 Å². The highest BCUT2D eigenvalue weighted by molar-refractivity contribution is 5.83. The van der Waals surface area contributed by atoms with E-state index in [1.165, 1.54) is 19.4 Å². The van der Waals surface area contributed by atoms with E-state index < -0.39 is 0 Å². The quantitative estimate of drug-likeness (QED) is 0.598. The lowest BCUT2D eigenvalue weighted by molar-refractivity contribution is -0.123. The lowest BCUT2D eigenvalue weighted by Gasteiger charge is -2.25. The number of methoxy groups -OCH3 is 1. The van der Waals surface area contributed by atoms with Crippen LogP contribution in [0.2, 0.25) is 0 Å². The van der Waals surface area contributed by atoms with Gasteiger partial charge in [0.15, 0.2) is 11.5 Å². The molecule has 1 aromatic rings. The lowest BCUT2D eigenvalue weighted by Crippen LogP contribution is -2.42. The molecule has 1 amide bonds. The number of phenolic OH excluding ortho intramolecular Hbond substituents is 1. The van der Waals surface area contributed by atoms with Crippen molar-refractivity contribution in [3.8, 4) is 11.5 Å². The fourth-order valence-electron chi connectivity index (χ4n) is 1.95. The first-order chi connectivity index (χ1) is 10.2. The molecule has 0 aliphatic carbocycles. The van der Waals surface area contributed by atoms with Gasteiger partial charge in [-0.25, -0.2) is 5.43 Å². The molecule has 0 atom stereocenters. The average molecular weight is 293 g/mol. The second kappa shape index (κ2) is 7.61. The van der Waals surface area contributed by atoms with Crippen molar-refractivity contribution in [2.24, 2.45) is 5.10 Å². The third-order valence-corrected chi connectivity index (χ3v) is 3.08. The maximum absolute atomic E-state index is 11.7. The van der Waals surface area contributed by atoms with Gasteiger partial charge < -0.3 is 14.6 Å². The van der Waals surface area contributed by atoms with Gasteiger partial charge in [0.2, 0.25) is 0 Å². The van der Waals surface area contributed by atoms with Crippen LogP contribution in [0.5, 0.6) is 11.5 Å². The smallest absolute Gasteiger partial charge is 0.254 e. The summed E-state index contributed by atoms with van der Waals surface area (Å²) in [7, 11) is 1.47. The van der Waals surface area contributed by atoms with E-state index in [0.29, 0.717) is 25.5 Å². The Balaban J connectivity index is 1.82. The number of carbonyl (C=O) groups excluding carboxylic acids is 1. The fourth-order valence-corrected chi connectivity index (χ4v) is 1.95. The van der Waals surface area contributed by atoms with Crippen molar-refractivity contribution >= 4 is 12.1 Å². The predicted molar refractivity (Wildman–Crippen MR) is 77.7 cm³/mol. The van der Waals surface area contributed by atoms with Crippen molar-refractivity contribution in [1.29, 1.82) is 0 Å². The van der Waals surface area contributed by atoms with Crippen LogP contribution >= 0.6 is 0 Å². The zero-order valence-corrected chi connectivity index (χ0v) is 11.9. The summed E-state index contributed by atoms with van der Waals surface area (Å²) < 4.78 is 10.2. The number of rotatable bonds is 5. The normalized spacial score (nSPS) is 16.0. The Morgan fingerprint density at radius 2 is 2.29 bits per heavy atom. The topological polar surface area (TPSA) is 83.4 Å². The van der Waals surface area contributed by atoms with Crippen LogP contribution in [0.1, 0.15) is 5.56 Å². The number of morpholine rings is 1. The van der Waals surface area contributed by atoms with Crippen LogP contribution in [0, 0.1) is 0 Å². The Kier molecular flexibility index (Phi) is 5.53. The number of nitrogens with zero attached hydrogens (tertiary/aromatic N) is 2. The third-order valence-electron chi connectivity index (χ3n) is 3.08. The molecule has 0 radical (unpaired) electrons. The Morgan fingerprint density at radius 3 is 3.00 bits per heavy atom. The van der Waals surface area contributed by atoms with Crippen LogP contribution in [0.15, 0.2) is 23.3 Å². The minimum absolute atomic E-state index is 0.0611. The number of hydrogen-bond donors (Lipinski definition) is 2. The molecule has 0 bridgehead atoms. The lowest BCUT2D eigenvalue weighted by atomic mass is 10.2. The number of ether oxygens (including phenoxy) is 2. The molecular formula is C14H19N3O4. The number of carbonyl (C=O) groups is 1. The first-order valence-electron chi connectivity index (χ1n) is 6.68. The summed E-state index contributed by atoms with van der Waals surface area (Å²) in [6, 6.07) is 4.82. The van der Waals surface area contributed by atoms with Gasteiger partial charge >= 0.3 is 0 Å². The molecule has 114 valence electrons. The Labute approximate surface area is 123 Å². The Bertz CT molecular complexity index is 513. The van der Waals surface area contributed by atoms with E-state index in [1.54, 1.807) is 12.1 Å². The minimum atomic E-state index is -0.168. The zero-order valence-electron chi connectivity index (χ0n) is 11.9. The Morgan fingerprint density at radius 1 is 1.52 bits per heavy atom. The van der Waals surface area contributed by atoms with Crippen molar-refractivity contribution in [1.82, 2.24) is 10.3 Å². The highest BCUT2D eigenvalue weighted by atomic mass is 16.5. The molecule has 21 heavy (non-hydrogen) atoms. The van der Waals surface area contributed by atoms with Gasteiger partial charge in [-0.05, 0) is 23.8 Å². The van der Waals surface area contributed by atoms with Gasteiger partial charge in [0.1, 0.15) is 0 Å². The molecule has 0 unspecified atom stereocenters. The summed E-state index contributed by atoms with van der Waals surface area (Å²) in [5.74, 6) is 0.253. The largest absolute Gasteiger partial charge is 0.504 e. The fraction of sp³-hybridized carbons (Fsp3) is 0.429. The molecule has 1 aliphatic heterocycles. The number of phenols is 1. The van der Waals surface area contributed by atoms with Crippen molar-refractivity contribution in [3.05, 3.63) is 23.8 Å². The van der Waals surface area contributed by atoms with Gasteiger partial charge in [-0.3, -0.25) is 9.69 Å². The average Bonchev–Trinajstić information content (AvgIpc) is 2.50. The van der Waals surface area contributed by atoms with E-state index in [9.17, 15) is 9.90 Å². The molecule has 1 heterocycles. The number of amides is 1. The molecule has 0 spiro atoms. The van der Waals surface area contributed by atoms with Crippen LogP contribution in [0.3, 0.4) is 0 Å². The summed E-state index contributed by atoms with van der Waals surface area (Å²) in [5, 5.41) is 13.4. The van der Waals surface area contributed by atoms with Crippen LogP contribution in [0.4, 0.5) is 0 Å². The van der Waals surface area contributed by atoms with E-state index >= 15 is 0 Å². The number of benzene rings is 1. The molecule has 2 rings (SSSR count). The molecule has 1 aliphatic rings. The Hall–Kier alpha value is -2.12. The number of aromatic hydroxyl groups is 1. The van der Waals surface area contributed by atoms with E-state index in [2.05, 4.69) is 10.5 Å². The highest BCUT2D eigenvalue weighted by Gasteiger charge is 2.13. The molecule has 7 heteroatoms. The van der Waals surface area contributed by atoms with E-state index in [4.69, 9.17) is 9.47 Å². The van der Waals surface area contributed by atoms with Crippen LogP contribution < -0.4 is 10.2 Å². The van der Waals surface area contributed by atoms with E-state index in [-0.39, 0.29) is 11.7 Å². The molecule has 1 saturated heterocycles. The first kappa shape index (κ1) is 15.3. The second-order valence-corrected chi connectivity index (χ2v) is 4.61. The maximum Gasteiger partial charge on any atom is 0.254 e.